The first-order valence-corrected chi connectivity index (χ1v) is 8.11. The molecule has 6 heteroatoms. The summed E-state index contributed by atoms with van der Waals surface area (Å²) >= 11 is 0. The molecule has 0 fully saturated rings. The summed E-state index contributed by atoms with van der Waals surface area (Å²) in [6, 6.07) is 19.5. The Hall–Kier alpha value is -3.67. The van der Waals surface area contributed by atoms with Crippen molar-refractivity contribution in [3.05, 3.63) is 90.3 Å². The Balaban J connectivity index is 1.56. The minimum Gasteiger partial charge on any atom is -0.348 e. The lowest BCUT2D eigenvalue weighted by Crippen LogP contribution is -2.23. The van der Waals surface area contributed by atoms with Crippen molar-refractivity contribution in [3.63, 3.8) is 0 Å². The van der Waals surface area contributed by atoms with Gasteiger partial charge in [-0.25, -0.2) is 4.79 Å². The molecule has 1 aromatic heterocycles. The number of aromatic nitrogens is 1. The molecule has 3 rings (SSSR count). The normalized spacial score (nSPS) is 10.0. The number of carbonyl (C=O) groups excluding carboxylic acids is 2. The molecule has 1 heterocycles. The molecule has 0 bridgehead atoms. The summed E-state index contributed by atoms with van der Waals surface area (Å²) in [6.07, 6.45) is 3.15. The molecule has 0 unspecified atom stereocenters. The van der Waals surface area contributed by atoms with Gasteiger partial charge in [-0.05, 0) is 42.0 Å². The predicted molar refractivity (Wildman–Crippen MR) is 101 cm³/mol. The lowest BCUT2D eigenvalue weighted by Gasteiger charge is -2.10. The molecule has 0 saturated heterocycles. The second-order valence-electron chi connectivity index (χ2n) is 5.56. The van der Waals surface area contributed by atoms with Crippen LogP contribution in [0.15, 0.2) is 79.1 Å². The minimum atomic E-state index is -0.325. The van der Waals surface area contributed by atoms with Gasteiger partial charge in [-0.3, -0.25) is 9.78 Å². The largest absolute Gasteiger partial charge is 0.348 e. The smallest absolute Gasteiger partial charge is 0.323 e. The molecule has 2 aromatic carbocycles. The van der Waals surface area contributed by atoms with Gasteiger partial charge in [-0.1, -0.05) is 30.3 Å². The number of nitrogens with one attached hydrogen (secondary N) is 3. The molecule has 0 saturated carbocycles. The fourth-order valence-electron chi connectivity index (χ4n) is 2.36. The fourth-order valence-corrected chi connectivity index (χ4v) is 2.36. The van der Waals surface area contributed by atoms with Crippen LogP contribution in [0.3, 0.4) is 0 Å². The molecule has 0 aliphatic rings. The standard InChI is InChI=1S/C20H18N4O2/c25-19(16-9-11-21-12-10-16)22-14-15-5-4-8-18(13-15)24-20(26)23-17-6-2-1-3-7-17/h1-13H,14H2,(H,22,25)(H2,23,24,26). The molecule has 130 valence electrons. The number of nitrogens with zero attached hydrogens (tertiary/aromatic N) is 1. The number of urea groups is 1. The number of pyridine rings is 1. The zero-order valence-electron chi connectivity index (χ0n) is 14.0. The van der Waals surface area contributed by atoms with E-state index in [-0.39, 0.29) is 11.9 Å². The van der Waals surface area contributed by atoms with Crippen molar-refractivity contribution < 1.29 is 9.59 Å². The van der Waals surface area contributed by atoms with E-state index < -0.39 is 0 Å². The van der Waals surface area contributed by atoms with Gasteiger partial charge in [0.15, 0.2) is 0 Å². The van der Waals surface area contributed by atoms with Crippen LogP contribution in [-0.4, -0.2) is 16.9 Å². The van der Waals surface area contributed by atoms with E-state index in [0.717, 1.165) is 5.56 Å². The van der Waals surface area contributed by atoms with Gasteiger partial charge < -0.3 is 16.0 Å². The maximum atomic E-state index is 12.1. The van der Waals surface area contributed by atoms with Crippen molar-refractivity contribution >= 4 is 23.3 Å². The highest BCUT2D eigenvalue weighted by Crippen LogP contribution is 2.12. The van der Waals surface area contributed by atoms with Crippen LogP contribution in [0.5, 0.6) is 0 Å². The highest BCUT2D eigenvalue weighted by Gasteiger charge is 2.06. The quantitative estimate of drug-likeness (QED) is 0.659. The van der Waals surface area contributed by atoms with Crippen LogP contribution < -0.4 is 16.0 Å². The average molecular weight is 346 g/mol. The summed E-state index contributed by atoms with van der Waals surface area (Å²) in [5, 5.41) is 8.38. The zero-order chi connectivity index (χ0) is 18.2. The third-order valence-corrected chi connectivity index (χ3v) is 3.61. The van der Waals surface area contributed by atoms with Crippen LogP contribution in [0.4, 0.5) is 16.2 Å². The minimum absolute atomic E-state index is 0.174. The molecule has 26 heavy (non-hydrogen) atoms. The monoisotopic (exact) mass is 346 g/mol. The summed E-state index contributed by atoms with van der Waals surface area (Å²) in [5.74, 6) is -0.174. The van der Waals surface area contributed by atoms with E-state index in [9.17, 15) is 9.59 Å². The number of carbonyl (C=O) groups is 2. The molecule has 0 aliphatic heterocycles. The lowest BCUT2D eigenvalue weighted by molar-refractivity contribution is 0.0950. The number of hydrogen-bond donors (Lipinski definition) is 3. The molecule has 0 atom stereocenters. The van der Waals surface area contributed by atoms with Crippen LogP contribution >= 0.6 is 0 Å². The van der Waals surface area contributed by atoms with Gasteiger partial charge >= 0.3 is 6.03 Å². The summed E-state index contributed by atoms with van der Waals surface area (Å²) in [4.78, 5) is 28.0. The van der Waals surface area contributed by atoms with Crippen molar-refractivity contribution in [2.24, 2.45) is 0 Å². The molecule has 3 N–H and O–H groups in total. The highest BCUT2D eigenvalue weighted by molar-refractivity contribution is 5.99. The highest BCUT2D eigenvalue weighted by atomic mass is 16.2. The number of anilines is 2. The predicted octanol–water partition coefficient (Wildman–Crippen LogP) is 3.66. The Morgan fingerprint density at radius 3 is 2.27 bits per heavy atom. The van der Waals surface area contributed by atoms with Gasteiger partial charge in [0.05, 0.1) is 0 Å². The number of para-hydroxylation sites is 1. The number of benzene rings is 2. The second kappa shape index (κ2) is 8.43. The topological polar surface area (TPSA) is 83.1 Å². The van der Waals surface area contributed by atoms with Crippen molar-refractivity contribution in [2.45, 2.75) is 6.54 Å². The molecule has 3 aromatic rings. The van der Waals surface area contributed by atoms with Gasteiger partial charge in [-0.15, -0.1) is 0 Å². The van der Waals surface area contributed by atoms with Crippen LogP contribution in [0, 0.1) is 0 Å². The average Bonchev–Trinajstić information content (AvgIpc) is 2.68. The van der Waals surface area contributed by atoms with E-state index in [1.54, 1.807) is 30.6 Å². The molecule has 0 aliphatic carbocycles. The Labute approximate surface area is 151 Å². The third-order valence-electron chi connectivity index (χ3n) is 3.61. The zero-order valence-corrected chi connectivity index (χ0v) is 14.0. The van der Waals surface area contributed by atoms with E-state index in [1.165, 1.54) is 0 Å². The molecular formula is C20H18N4O2. The van der Waals surface area contributed by atoms with Gasteiger partial charge in [-0.2, -0.15) is 0 Å². The van der Waals surface area contributed by atoms with E-state index in [2.05, 4.69) is 20.9 Å². The first-order valence-electron chi connectivity index (χ1n) is 8.11. The van der Waals surface area contributed by atoms with Crippen molar-refractivity contribution in [1.82, 2.24) is 10.3 Å². The van der Waals surface area contributed by atoms with Gasteiger partial charge in [0, 0.05) is 35.9 Å². The summed E-state index contributed by atoms with van der Waals surface area (Å²) in [6.45, 7) is 0.358. The Morgan fingerprint density at radius 2 is 1.50 bits per heavy atom. The maximum absolute atomic E-state index is 12.1. The van der Waals surface area contributed by atoms with Crippen LogP contribution in [-0.2, 0) is 6.54 Å². The van der Waals surface area contributed by atoms with Crippen molar-refractivity contribution in [2.75, 3.05) is 10.6 Å². The van der Waals surface area contributed by atoms with Gasteiger partial charge in [0.25, 0.3) is 5.91 Å². The van der Waals surface area contributed by atoms with Crippen LogP contribution in [0.2, 0.25) is 0 Å². The summed E-state index contributed by atoms with van der Waals surface area (Å²) in [5.41, 5.74) is 2.79. The summed E-state index contributed by atoms with van der Waals surface area (Å²) in [7, 11) is 0. The molecule has 6 nitrogen and oxygen atoms in total. The van der Waals surface area contributed by atoms with E-state index in [4.69, 9.17) is 0 Å². The van der Waals surface area contributed by atoms with E-state index >= 15 is 0 Å². The van der Waals surface area contributed by atoms with Gasteiger partial charge in [0.1, 0.15) is 0 Å². The number of amides is 3. The van der Waals surface area contributed by atoms with Gasteiger partial charge in [0.2, 0.25) is 0 Å². The van der Waals surface area contributed by atoms with Crippen LogP contribution in [0.25, 0.3) is 0 Å². The molecular weight excluding hydrogens is 328 g/mol. The number of hydrogen-bond acceptors (Lipinski definition) is 3. The van der Waals surface area contributed by atoms with Crippen molar-refractivity contribution in [1.29, 1.82) is 0 Å². The van der Waals surface area contributed by atoms with Crippen LogP contribution in [0.1, 0.15) is 15.9 Å². The molecule has 3 amide bonds. The summed E-state index contributed by atoms with van der Waals surface area (Å²) < 4.78 is 0. The Bertz CT molecular complexity index is 883. The van der Waals surface area contributed by atoms with E-state index in [1.807, 2.05) is 48.5 Å². The Kier molecular flexibility index (Phi) is 5.57. The number of rotatable bonds is 5. The first kappa shape index (κ1) is 17.2. The van der Waals surface area contributed by atoms with Crippen molar-refractivity contribution in [3.8, 4) is 0 Å². The molecule has 0 spiro atoms. The van der Waals surface area contributed by atoms with E-state index in [0.29, 0.717) is 23.5 Å². The fraction of sp³-hybridized carbons (Fsp3) is 0.0500. The maximum Gasteiger partial charge on any atom is 0.323 e. The second-order valence-corrected chi connectivity index (χ2v) is 5.56. The Morgan fingerprint density at radius 1 is 0.808 bits per heavy atom. The third kappa shape index (κ3) is 4.91. The molecule has 0 radical (unpaired) electrons. The SMILES string of the molecule is O=C(Nc1ccccc1)Nc1cccc(CNC(=O)c2ccncc2)c1. The first-order chi connectivity index (χ1) is 12.7. The lowest BCUT2D eigenvalue weighted by atomic mass is 10.2.